The minimum absolute atomic E-state index is 0.143. The van der Waals surface area contributed by atoms with Gasteiger partial charge in [0, 0.05) is 18.0 Å². The van der Waals surface area contributed by atoms with Crippen molar-refractivity contribution in [1.82, 2.24) is 10.3 Å². The van der Waals surface area contributed by atoms with Crippen molar-refractivity contribution < 1.29 is 18.3 Å². The number of carbonyl (C=O) groups is 1. The molecule has 7 heteroatoms. The highest BCUT2D eigenvalue weighted by Gasteiger charge is 2.14. The van der Waals surface area contributed by atoms with E-state index in [1.165, 1.54) is 6.07 Å². The van der Waals surface area contributed by atoms with Gasteiger partial charge in [-0.05, 0) is 60.0 Å². The van der Waals surface area contributed by atoms with Crippen molar-refractivity contribution in [3.8, 4) is 16.9 Å². The Balaban J connectivity index is 1.76. The molecule has 0 aliphatic heterocycles. The van der Waals surface area contributed by atoms with E-state index >= 15 is 0 Å². The largest absolute Gasteiger partial charge is 0.508 e. The zero-order valence-corrected chi connectivity index (χ0v) is 16.3. The quantitative estimate of drug-likeness (QED) is 0.691. The zero-order valence-electron chi connectivity index (χ0n) is 15.5. The number of aromatic nitrogens is 1. The number of hydrogen-bond donors (Lipinski definition) is 2. The number of benzene rings is 2. The van der Waals surface area contributed by atoms with Gasteiger partial charge in [-0.2, -0.15) is 0 Å². The third-order valence-corrected chi connectivity index (χ3v) is 5.51. The maximum atomic E-state index is 12.4. The molecule has 0 atom stereocenters. The maximum absolute atomic E-state index is 12.4. The van der Waals surface area contributed by atoms with Gasteiger partial charge in [0.15, 0.2) is 9.84 Å². The lowest BCUT2D eigenvalue weighted by Gasteiger charge is -2.09. The summed E-state index contributed by atoms with van der Waals surface area (Å²) in [5, 5.41) is 12.4. The Morgan fingerprint density at radius 3 is 2.54 bits per heavy atom. The molecule has 0 bridgehead atoms. The summed E-state index contributed by atoms with van der Waals surface area (Å²) in [6.07, 6.45) is 2.75. The lowest BCUT2D eigenvalue weighted by atomic mass is 10.1. The number of nitrogens with zero attached hydrogens (tertiary/aromatic N) is 1. The highest BCUT2D eigenvalue weighted by Crippen LogP contribution is 2.23. The standard InChI is InChI=1S/C21H20N2O4S/c1-14-6-7-17(12-20(14)28(2,26)27)21(25)23-13-18-10-16(8-9-22-18)15-4-3-5-19(24)11-15/h3-12,24H,13H2,1-2H3,(H,23,25). The van der Waals surface area contributed by atoms with Gasteiger partial charge in [0.1, 0.15) is 5.75 Å². The Morgan fingerprint density at radius 1 is 1.07 bits per heavy atom. The van der Waals surface area contributed by atoms with E-state index in [0.29, 0.717) is 11.3 Å². The Bertz CT molecular complexity index is 1140. The second-order valence-electron chi connectivity index (χ2n) is 6.52. The predicted octanol–water partition coefficient (Wildman–Crippen LogP) is 3.10. The molecular weight excluding hydrogens is 376 g/mol. The fourth-order valence-electron chi connectivity index (χ4n) is 2.85. The van der Waals surface area contributed by atoms with E-state index in [0.717, 1.165) is 17.4 Å². The third-order valence-electron chi connectivity index (χ3n) is 4.28. The number of sulfone groups is 1. The number of hydrogen-bond acceptors (Lipinski definition) is 5. The van der Waals surface area contributed by atoms with Crippen LogP contribution in [-0.4, -0.2) is 30.7 Å². The van der Waals surface area contributed by atoms with Crippen LogP contribution in [0.5, 0.6) is 5.75 Å². The molecule has 3 aromatic rings. The summed E-state index contributed by atoms with van der Waals surface area (Å²) < 4.78 is 23.7. The van der Waals surface area contributed by atoms with Gasteiger partial charge < -0.3 is 10.4 Å². The number of carbonyl (C=O) groups excluding carboxylic acids is 1. The van der Waals surface area contributed by atoms with Gasteiger partial charge in [-0.25, -0.2) is 8.42 Å². The smallest absolute Gasteiger partial charge is 0.251 e. The first kappa shape index (κ1) is 19.6. The number of amides is 1. The van der Waals surface area contributed by atoms with Crippen LogP contribution in [0.1, 0.15) is 21.6 Å². The molecule has 0 aliphatic carbocycles. The van der Waals surface area contributed by atoms with E-state index in [1.54, 1.807) is 43.5 Å². The fourth-order valence-corrected chi connectivity index (χ4v) is 3.85. The van der Waals surface area contributed by atoms with Crippen molar-refractivity contribution in [2.45, 2.75) is 18.4 Å². The number of phenols is 1. The minimum Gasteiger partial charge on any atom is -0.508 e. The zero-order chi connectivity index (χ0) is 20.3. The summed E-state index contributed by atoms with van der Waals surface area (Å²) in [5.41, 5.74) is 3.22. The molecule has 3 rings (SSSR count). The molecule has 0 saturated heterocycles. The Morgan fingerprint density at radius 2 is 1.82 bits per heavy atom. The van der Waals surface area contributed by atoms with Crippen molar-refractivity contribution >= 4 is 15.7 Å². The molecule has 0 spiro atoms. The van der Waals surface area contributed by atoms with Gasteiger partial charge in [-0.3, -0.25) is 9.78 Å². The number of aromatic hydroxyl groups is 1. The maximum Gasteiger partial charge on any atom is 0.251 e. The number of nitrogens with one attached hydrogen (secondary N) is 1. The van der Waals surface area contributed by atoms with Crippen LogP contribution in [0.15, 0.2) is 65.7 Å². The Kier molecular flexibility index (Phi) is 5.46. The Hall–Kier alpha value is -3.19. The lowest BCUT2D eigenvalue weighted by Crippen LogP contribution is -2.23. The van der Waals surface area contributed by atoms with Crippen LogP contribution in [0, 0.1) is 6.92 Å². The van der Waals surface area contributed by atoms with E-state index in [4.69, 9.17) is 0 Å². The van der Waals surface area contributed by atoms with Crippen LogP contribution < -0.4 is 5.32 Å². The third kappa shape index (κ3) is 4.55. The molecular formula is C21H20N2O4S. The monoisotopic (exact) mass is 396 g/mol. The normalized spacial score (nSPS) is 11.2. The Labute approximate surface area is 163 Å². The molecule has 0 saturated carbocycles. The van der Waals surface area contributed by atoms with Gasteiger partial charge in [0.05, 0.1) is 17.1 Å². The van der Waals surface area contributed by atoms with Gasteiger partial charge in [0.25, 0.3) is 5.91 Å². The summed E-state index contributed by atoms with van der Waals surface area (Å²) in [5.74, 6) is -0.209. The van der Waals surface area contributed by atoms with Crippen LogP contribution in [0.4, 0.5) is 0 Å². The molecule has 0 radical (unpaired) electrons. The SMILES string of the molecule is Cc1ccc(C(=O)NCc2cc(-c3cccc(O)c3)ccn2)cc1S(C)(=O)=O. The number of aryl methyl sites for hydroxylation is 1. The molecule has 28 heavy (non-hydrogen) atoms. The van der Waals surface area contributed by atoms with Crippen molar-refractivity contribution in [2.75, 3.05) is 6.26 Å². The molecule has 2 aromatic carbocycles. The highest BCUT2D eigenvalue weighted by atomic mass is 32.2. The van der Waals surface area contributed by atoms with E-state index in [-0.39, 0.29) is 28.7 Å². The second-order valence-corrected chi connectivity index (χ2v) is 8.51. The topological polar surface area (TPSA) is 96.4 Å². The first-order chi connectivity index (χ1) is 13.2. The summed E-state index contributed by atoms with van der Waals surface area (Å²) in [4.78, 5) is 16.8. The van der Waals surface area contributed by atoms with E-state index in [9.17, 15) is 18.3 Å². The summed E-state index contributed by atoms with van der Waals surface area (Å²) in [6.45, 7) is 1.88. The van der Waals surface area contributed by atoms with Gasteiger partial charge in [0.2, 0.25) is 0 Å². The molecule has 1 heterocycles. The van der Waals surface area contributed by atoms with Gasteiger partial charge in [-0.1, -0.05) is 18.2 Å². The van der Waals surface area contributed by atoms with Gasteiger partial charge >= 0.3 is 0 Å². The summed E-state index contributed by atoms with van der Waals surface area (Å²) in [7, 11) is -3.41. The highest BCUT2D eigenvalue weighted by molar-refractivity contribution is 7.90. The van der Waals surface area contributed by atoms with Crippen LogP contribution in [0.2, 0.25) is 0 Å². The van der Waals surface area contributed by atoms with Crippen LogP contribution in [-0.2, 0) is 16.4 Å². The van der Waals surface area contributed by atoms with Crippen molar-refractivity contribution in [3.63, 3.8) is 0 Å². The molecule has 0 aliphatic rings. The van der Waals surface area contributed by atoms with E-state index in [1.807, 2.05) is 18.2 Å². The average Bonchev–Trinajstić information content (AvgIpc) is 2.66. The first-order valence-electron chi connectivity index (χ1n) is 8.57. The fraction of sp³-hybridized carbons (Fsp3) is 0.143. The summed E-state index contributed by atoms with van der Waals surface area (Å²) >= 11 is 0. The van der Waals surface area contributed by atoms with E-state index in [2.05, 4.69) is 10.3 Å². The van der Waals surface area contributed by atoms with Crippen molar-refractivity contribution in [1.29, 1.82) is 0 Å². The van der Waals surface area contributed by atoms with E-state index < -0.39 is 9.84 Å². The van der Waals surface area contributed by atoms with Crippen LogP contribution >= 0.6 is 0 Å². The summed E-state index contributed by atoms with van der Waals surface area (Å²) in [6, 6.07) is 15.1. The molecule has 0 unspecified atom stereocenters. The minimum atomic E-state index is -3.41. The van der Waals surface area contributed by atoms with Crippen molar-refractivity contribution in [2.24, 2.45) is 0 Å². The molecule has 1 aromatic heterocycles. The van der Waals surface area contributed by atoms with Gasteiger partial charge in [-0.15, -0.1) is 0 Å². The molecule has 1 amide bonds. The predicted molar refractivity (Wildman–Crippen MR) is 107 cm³/mol. The second kappa shape index (κ2) is 7.82. The lowest BCUT2D eigenvalue weighted by molar-refractivity contribution is 0.0950. The average molecular weight is 396 g/mol. The number of phenolic OH excluding ortho intramolecular Hbond substituents is 1. The van der Waals surface area contributed by atoms with Crippen LogP contribution in [0.3, 0.4) is 0 Å². The number of pyridine rings is 1. The van der Waals surface area contributed by atoms with Crippen molar-refractivity contribution in [3.05, 3.63) is 77.6 Å². The number of rotatable bonds is 5. The molecule has 6 nitrogen and oxygen atoms in total. The first-order valence-corrected chi connectivity index (χ1v) is 10.5. The van der Waals surface area contributed by atoms with Crippen LogP contribution in [0.25, 0.3) is 11.1 Å². The molecule has 0 fully saturated rings. The molecule has 144 valence electrons. The molecule has 2 N–H and O–H groups in total.